The monoisotopic (exact) mass is 214 g/mol. The molecule has 16 heavy (non-hydrogen) atoms. The minimum Gasteiger partial charge on any atom is -0.192 e. The van der Waals surface area contributed by atoms with Crippen LogP contribution in [0.4, 0.5) is 0 Å². The maximum Gasteiger partial charge on any atom is 0.0995 e. The molecule has 0 aliphatic rings. The standard InChI is InChI=1S/C12H12N2.C2H6/c1-8(2)12-10(6-13)4-9(3)5-11(12)7-14;1-2/h4-5,8H,1-3H3;1-2H3. The van der Waals surface area contributed by atoms with Crippen LogP contribution in [0.2, 0.25) is 0 Å². The zero-order valence-corrected chi connectivity index (χ0v) is 10.6. The highest BCUT2D eigenvalue weighted by atomic mass is 14.3. The molecule has 2 heteroatoms. The third-order valence-corrected chi connectivity index (χ3v) is 2.14. The van der Waals surface area contributed by atoms with Gasteiger partial charge in [-0.25, -0.2) is 0 Å². The molecule has 0 saturated heterocycles. The molecule has 0 radical (unpaired) electrons. The van der Waals surface area contributed by atoms with Crippen LogP contribution < -0.4 is 0 Å². The fraction of sp³-hybridized carbons (Fsp3) is 0.429. The Balaban J connectivity index is 0.00000106. The fourth-order valence-electron chi connectivity index (χ4n) is 1.60. The van der Waals surface area contributed by atoms with Crippen molar-refractivity contribution in [2.45, 2.75) is 40.5 Å². The molecule has 2 nitrogen and oxygen atoms in total. The van der Waals surface area contributed by atoms with E-state index in [1.165, 1.54) is 0 Å². The highest BCUT2D eigenvalue weighted by Gasteiger charge is 2.12. The summed E-state index contributed by atoms with van der Waals surface area (Å²) in [6, 6.07) is 7.94. The van der Waals surface area contributed by atoms with Gasteiger partial charge in [0.2, 0.25) is 0 Å². The second-order valence-electron chi connectivity index (χ2n) is 3.65. The van der Waals surface area contributed by atoms with E-state index in [0.29, 0.717) is 11.1 Å². The summed E-state index contributed by atoms with van der Waals surface area (Å²) in [4.78, 5) is 0. The zero-order chi connectivity index (χ0) is 12.7. The molecule has 0 saturated carbocycles. The SMILES string of the molecule is CC.Cc1cc(C#N)c(C(C)C)c(C#N)c1. The summed E-state index contributed by atoms with van der Waals surface area (Å²) >= 11 is 0. The predicted molar refractivity (Wildman–Crippen MR) is 66.0 cm³/mol. The van der Waals surface area contributed by atoms with Gasteiger partial charge >= 0.3 is 0 Å². The van der Waals surface area contributed by atoms with E-state index >= 15 is 0 Å². The van der Waals surface area contributed by atoms with Crippen molar-refractivity contribution in [3.05, 3.63) is 34.4 Å². The lowest BCUT2D eigenvalue weighted by atomic mass is 9.91. The third-order valence-electron chi connectivity index (χ3n) is 2.14. The predicted octanol–water partition coefficient (Wildman–Crippen LogP) is 3.89. The highest BCUT2D eigenvalue weighted by Crippen LogP contribution is 2.24. The van der Waals surface area contributed by atoms with E-state index in [9.17, 15) is 0 Å². The maximum absolute atomic E-state index is 8.95. The van der Waals surface area contributed by atoms with Crippen molar-refractivity contribution in [3.63, 3.8) is 0 Å². The van der Waals surface area contributed by atoms with Gasteiger partial charge < -0.3 is 0 Å². The molecule has 0 bridgehead atoms. The van der Waals surface area contributed by atoms with Crippen molar-refractivity contribution in [2.24, 2.45) is 0 Å². The third kappa shape index (κ3) is 3.11. The van der Waals surface area contributed by atoms with E-state index in [2.05, 4.69) is 12.1 Å². The molecule has 1 rings (SSSR count). The van der Waals surface area contributed by atoms with Crippen molar-refractivity contribution in [1.29, 1.82) is 10.5 Å². The van der Waals surface area contributed by atoms with Crippen molar-refractivity contribution >= 4 is 0 Å². The molecular formula is C14H18N2. The molecular weight excluding hydrogens is 196 g/mol. The molecule has 0 unspecified atom stereocenters. The largest absolute Gasteiger partial charge is 0.192 e. The van der Waals surface area contributed by atoms with Gasteiger partial charge in [0.15, 0.2) is 0 Å². The van der Waals surface area contributed by atoms with Gasteiger partial charge in [0, 0.05) is 0 Å². The number of nitrogens with zero attached hydrogens (tertiary/aromatic N) is 2. The Kier molecular flexibility index (Phi) is 5.89. The molecule has 84 valence electrons. The van der Waals surface area contributed by atoms with Crippen LogP contribution in [-0.2, 0) is 0 Å². The maximum atomic E-state index is 8.95. The average molecular weight is 214 g/mol. The first-order chi connectivity index (χ1) is 7.60. The fourth-order valence-corrected chi connectivity index (χ4v) is 1.60. The van der Waals surface area contributed by atoms with E-state index in [4.69, 9.17) is 10.5 Å². The van der Waals surface area contributed by atoms with Gasteiger partial charge in [0.1, 0.15) is 0 Å². The molecule has 0 aliphatic carbocycles. The lowest BCUT2D eigenvalue weighted by Gasteiger charge is -2.10. The number of hydrogen-bond donors (Lipinski definition) is 0. The quantitative estimate of drug-likeness (QED) is 0.712. The second-order valence-corrected chi connectivity index (χ2v) is 3.65. The van der Waals surface area contributed by atoms with E-state index in [1.54, 1.807) is 0 Å². The van der Waals surface area contributed by atoms with Crippen molar-refractivity contribution in [3.8, 4) is 12.1 Å². The van der Waals surface area contributed by atoms with Crippen LogP contribution in [-0.4, -0.2) is 0 Å². The molecule has 0 aromatic heterocycles. The summed E-state index contributed by atoms with van der Waals surface area (Å²) in [5.74, 6) is 0.208. The van der Waals surface area contributed by atoms with Gasteiger partial charge in [-0.2, -0.15) is 10.5 Å². The number of nitriles is 2. The molecule has 1 aromatic rings. The van der Waals surface area contributed by atoms with Crippen molar-refractivity contribution < 1.29 is 0 Å². The van der Waals surface area contributed by atoms with Crippen LogP contribution >= 0.6 is 0 Å². The van der Waals surface area contributed by atoms with E-state index in [1.807, 2.05) is 46.8 Å². The molecule has 0 N–H and O–H groups in total. The number of hydrogen-bond acceptors (Lipinski definition) is 2. The molecule has 0 amide bonds. The van der Waals surface area contributed by atoms with Gasteiger partial charge in [0.25, 0.3) is 0 Å². The molecule has 0 spiro atoms. The lowest BCUT2D eigenvalue weighted by molar-refractivity contribution is 0.857. The first-order valence-corrected chi connectivity index (χ1v) is 5.55. The van der Waals surface area contributed by atoms with Gasteiger partial charge in [0.05, 0.1) is 23.3 Å². The highest BCUT2D eigenvalue weighted by molar-refractivity contribution is 5.51. The van der Waals surface area contributed by atoms with Gasteiger partial charge in [-0.3, -0.25) is 0 Å². The normalized spacial score (nSPS) is 8.75. The number of benzene rings is 1. The summed E-state index contributed by atoms with van der Waals surface area (Å²) in [6.07, 6.45) is 0. The topological polar surface area (TPSA) is 47.6 Å². The Morgan fingerprint density at radius 3 is 1.62 bits per heavy atom. The summed E-state index contributed by atoms with van der Waals surface area (Å²) in [5, 5.41) is 17.9. The van der Waals surface area contributed by atoms with Crippen LogP contribution in [0.5, 0.6) is 0 Å². The molecule has 1 aromatic carbocycles. The van der Waals surface area contributed by atoms with E-state index in [0.717, 1.165) is 11.1 Å². The minimum atomic E-state index is 0.208. The summed E-state index contributed by atoms with van der Waals surface area (Å²) in [7, 11) is 0. The minimum absolute atomic E-state index is 0.208. The first kappa shape index (κ1) is 14.2. The molecule has 0 aliphatic heterocycles. The second kappa shape index (κ2) is 6.64. The zero-order valence-electron chi connectivity index (χ0n) is 10.6. The van der Waals surface area contributed by atoms with Crippen LogP contribution in [0.1, 0.15) is 55.9 Å². The Morgan fingerprint density at radius 1 is 1.00 bits per heavy atom. The molecule has 0 fully saturated rings. The van der Waals surface area contributed by atoms with E-state index in [-0.39, 0.29) is 5.92 Å². The van der Waals surface area contributed by atoms with Crippen LogP contribution in [0.3, 0.4) is 0 Å². The Labute approximate surface area is 98.1 Å². The first-order valence-electron chi connectivity index (χ1n) is 5.55. The van der Waals surface area contributed by atoms with Crippen molar-refractivity contribution in [2.75, 3.05) is 0 Å². The van der Waals surface area contributed by atoms with Crippen molar-refractivity contribution in [1.82, 2.24) is 0 Å². The van der Waals surface area contributed by atoms with Gasteiger partial charge in [-0.05, 0) is 36.1 Å². The number of rotatable bonds is 1. The average Bonchev–Trinajstić information content (AvgIpc) is 2.29. The smallest absolute Gasteiger partial charge is 0.0995 e. The molecule has 0 heterocycles. The van der Waals surface area contributed by atoms with Crippen LogP contribution in [0, 0.1) is 29.6 Å². The summed E-state index contributed by atoms with van der Waals surface area (Å²) < 4.78 is 0. The summed E-state index contributed by atoms with van der Waals surface area (Å²) in [5.41, 5.74) is 3.07. The molecule has 0 atom stereocenters. The van der Waals surface area contributed by atoms with Gasteiger partial charge in [-0.15, -0.1) is 0 Å². The van der Waals surface area contributed by atoms with E-state index < -0.39 is 0 Å². The Bertz CT molecular complexity index is 396. The number of aryl methyl sites for hydroxylation is 1. The lowest BCUT2D eigenvalue weighted by Crippen LogP contribution is -1.98. The van der Waals surface area contributed by atoms with Crippen LogP contribution in [0.15, 0.2) is 12.1 Å². The summed E-state index contributed by atoms with van der Waals surface area (Å²) in [6.45, 7) is 9.88. The Morgan fingerprint density at radius 2 is 1.38 bits per heavy atom. The van der Waals surface area contributed by atoms with Gasteiger partial charge in [-0.1, -0.05) is 27.7 Å². The van der Waals surface area contributed by atoms with Crippen LogP contribution in [0.25, 0.3) is 0 Å². The Hall–Kier alpha value is -1.80.